The van der Waals surface area contributed by atoms with Crippen molar-refractivity contribution in [1.82, 2.24) is 0 Å². The van der Waals surface area contributed by atoms with Gasteiger partial charge in [-0.25, -0.2) is 4.79 Å². The van der Waals surface area contributed by atoms with Crippen molar-refractivity contribution < 1.29 is 14.7 Å². The van der Waals surface area contributed by atoms with Crippen LogP contribution in [0.1, 0.15) is 64.2 Å². The average Bonchev–Trinajstić information content (AvgIpc) is 2.98. The number of allylic oxidation sites excluding steroid dienone is 2. The Bertz CT molecular complexity index is 859. The number of carbonyl (C=O) groups is 2. The van der Waals surface area contributed by atoms with Crippen LogP contribution in [0.4, 0.5) is 5.69 Å². The van der Waals surface area contributed by atoms with Crippen molar-refractivity contribution in [3.8, 4) is 0 Å². The Kier molecular flexibility index (Phi) is 4.79. The predicted molar refractivity (Wildman–Crippen MR) is 108 cm³/mol. The Morgan fingerprint density at radius 2 is 1.63 bits per heavy atom. The maximum Gasteiger partial charge on any atom is 0.328 e. The third kappa shape index (κ3) is 3.71. The van der Waals surface area contributed by atoms with E-state index < -0.39 is 5.97 Å². The molecule has 1 aliphatic heterocycles. The molecule has 0 aromatic heterocycles. The van der Waals surface area contributed by atoms with Gasteiger partial charge in [-0.3, -0.25) is 4.79 Å². The van der Waals surface area contributed by atoms with Gasteiger partial charge in [-0.2, -0.15) is 0 Å². The summed E-state index contributed by atoms with van der Waals surface area (Å²) in [6.07, 6.45) is 7.31. The summed E-state index contributed by atoms with van der Waals surface area (Å²) in [5, 5.41) is 8.79. The molecule has 1 aromatic carbocycles. The summed E-state index contributed by atoms with van der Waals surface area (Å²) in [6.45, 7) is 11.5. The quantitative estimate of drug-likeness (QED) is 0.631. The zero-order chi connectivity index (χ0) is 20.0. The second kappa shape index (κ2) is 6.66. The van der Waals surface area contributed by atoms with Crippen LogP contribution in [0.2, 0.25) is 0 Å². The molecule has 4 heteroatoms. The van der Waals surface area contributed by atoms with E-state index in [1.165, 1.54) is 29.2 Å². The molecule has 1 N–H and O–H groups in total. The third-order valence-corrected chi connectivity index (χ3v) is 6.05. The number of nitrogens with zero attached hydrogens (tertiary/aromatic N) is 1. The van der Waals surface area contributed by atoms with Crippen molar-refractivity contribution in [2.75, 3.05) is 11.4 Å². The lowest BCUT2D eigenvalue weighted by Crippen LogP contribution is -2.34. The average molecular weight is 367 g/mol. The van der Waals surface area contributed by atoms with Crippen LogP contribution in [0.3, 0.4) is 0 Å². The first-order chi connectivity index (χ1) is 12.5. The molecule has 27 heavy (non-hydrogen) atoms. The van der Waals surface area contributed by atoms with Crippen LogP contribution in [-0.4, -0.2) is 23.5 Å². The Morgan fingerprint density at radius 1 is 1.04 bits per heavy atom. The number of amides is 1. The zero-order valence-electron chi connectivity index (χ0n) is 16.9. The van der Waals surface area contributed by atoms with E-state index in [4.69, 9.17) is 5.11 Å². The van der Waals surface area contributed by atoms with Crippen LogP contribution in [0.5, 0.6) is 0 Å². The number of fused-ring (bicyclic) bond motifs is 2. The highest BCUT2D eigenvalue weighted by atomic mass is 16.4. The van der Waals surface area contributed by atoms with Crippen LogP contribution >= 0.6 is 0 Å². The van der Waals surface area contributed by atoms with Gasteiger partial charge in [0.2, 0.25) is 0 Å². The lowest BCUT2D eigenvalue weighted by atomic mass is 9.63. The van der Waals surface area contributed by atoms with Gasteiger partial charge < -0.3 is 10.0 Å². The van der Waals surface area contributed by atoms with Crippen molar-refractivity contribution in [2.24, 2.45) is 0 Å². The van der Waals surface area contributed by atoms with Crippen LogP contribution < -0.4 is 4.90 Å². The second-order valence-electron chi connectivity index (χ2n) is 9.09. The summed E-state index contributed by atoms with van der Waals surface area (Å²) in [6, 6.07) is 4.54. The molecule has 4 nitrogen and oxygen atoms in total. The van der Waals surface area contributed by atoms with Crippen LogP contribution in [0.25, 0.3) is 0 Å². The minimum Gasteiger partial charge on any atom is -0.478 e. The standard InChI is InChI=1S/C23H29NO3/c1-15(12-21(26)27)6-7-20(25)24-11-8-16-13-17-18(14-19(16)24)23(4,5)10-9-22(17,2)3/h6-7,12-14H,8-11H2,1-5H3,(H,26,27)/b7-6+,15-12+. The number of benzene rings is 1. The van der Waals surface area contributed by atoms with E-state index >= 15 is 0 Å². The normalized spacial score (nSPS) is 20.5. The van der Waals surface area contributed by atoms with Crippen LogP contribution in [0, 0.1) is 0 Å². The molecule has 3 rings (SSSR count). The Hall–Kier alpha value is -2.36. The Balaban J connectivity index is 1.95. The molecule has 0 radical (unpaired) electrons. The Labute approximate surface area is 161 Å². The first kappa shape index (κ1) is 19.4. The molecule has 1 aliphatic carbocycles. The smallest absolute Gasteiger partial charge is 0.328 e. The summed E-state index contributed by atoms with van der Waals surface area (Å²) in [5.74, 6) is -1.10. The maximum atomic E-state index is 12.7. The Morgan fingerprint density at radius 3 is 2.22 bits per heavy atom. The fourth-order valence-electron chi connectivity index (χ4n) is 4.22. The van der Waals surface area contributed by atoms with Crippen molar-refractivity contribution in [3.63, 3.8) is 0 Å². The summed E-state index contributed by atoms with van der Waals surface area (Å²) >= 11 is 0. The third-order valence-electron chi connectivity index (χ3n) is 6.05. The van der Waals surface area contributed by atoms with E-state index in [0.717, 1.165) is 24.6 Å². The molecule has 1 aromatic rings. The molecule has 1 heterocycles. The molecule has 0 atom stereocenters. The van der Waals surface area contributed by atoms with Gasteiger partial charge in [0, 0.05) is 24.4 Å². The first-order valence-electron chi connectivity index (χ1n) is 9.60. The summed E-state index contributed by atoms with van der Waals surface area (Å²) in [5.41, 5.74) is 5.83. The lowest BCUT2D eigenvalue weighted by Gasteiger charge is -2.42. The number of carbonyl (C=O) groups excluding carboxylic acids is 1. The number of rotatable bonds is 3. The molecular formula is C23H29NO3. The topological polar surface area (TPSA) is 57.6 Å². The number of hydrogen-bond donors (Lipinski definition) is 1. The van der Waals surface area contributed by atoms with Crippen molar-refractivity contribution in [2.45, 2.75) is 64.7 Å². The number of hydrogen-bond acceptors (Lipinski definition) is 2. The number of anilines is 1. The fraction of sp³-hybridized carbons (Fsp3) is 0.478. The van der Waals surface area contributed by atoms with Crippen LogP contribution in [-0.2, 0) is 26.8 Å². The van der Waals surface area contributed by atoms with E-state index in [2.05, 4.69) is 39.8 Å². The molecule has 0 unspecified atom stereocenters. The second-order valence-corrected chi connectivity index (χ2v) is 9.09. The molecule has 144 valence electrons. The first-order valence-corrected chi connectivity index (χ1v) is 9.60. The van der Waals surface area contributed by atoms with Gasteiger partial charge in [0.1, 0.15) is 0 Å². The molecule has 0 spiro atoms. The molecule has 0 saturated heterocycles. The molecular weight excluding hydrogens is 338 g/mol. The van der Waals surface area contributed by atoms with Gasteiger partial charge >= 0.3 is 5.97 Å². The van der Waals surface area contributed by atoms with Gasteiger partial charge in [-0.1, -0.05) is 39.8 Å². The molecule has 0 saturated carbocycles. The number of carboxylic acid groups (broad SMARTS) is 1. The largest absolute Gasteiger partial charge is 0.478 e. The van der Waals surface area contributed by atoms with Gasteiger partial charge in [0.15, 0.2) is 0 Å². The van der Waals surface area contributed by atoms with Gasteiger partial charge in [-0.15, -0.1) is 0 Å². The fourth-order valence-corrected chi connectivity index (χ4v) is 4.22. The molecule has 0 bridgehead atoms. The zero-order valence-corrected chi connectivity index (χ0v) is 16.9. The van der Waals surface area contributed by atoms with Crippen molar-refractivity contribution >= 4 is 17.6 Å². The predicted octanol–water partition coefficient (Wildman–Crippen LogP) is 4.51. The molecule has 2 aliphatic rings. The minimum absolute atomic E-state index is 0.0975. The van der Waals surface area contributed by atoms with E-state index in [9.17, 15) is 9.59 Å². The van der Waals surface area contributed by atoms with E-state index in [1.807, 2.05) is 4.90 Å². The number of carboxylic acids is 1. The molecule has 0 fully saturated rings. The van der Waals surface area contributed by atoms with E-state index in [0.29, 0.717) is 12.1 Å². The van der Waals surface area contributed by atoms with Gasteiger partial charge in [0.05, 0.1) is 0 Å². The minimum atomic E-state index is -1.01. The maximum absolute atomic E-state index is 12.7. The SMILES string of the molecule is CC(/C=C/C(=O)N1CCc2cc3c(cc21)C(C)(C)CCC3(C)C)=C\C(=O)O. The van der Waals surface area contributed by atoms with Crippen molar-refractivity contribution in [3.05, 3.63) is 52.6 Å². The van der Waals surface area contributed by atoms with Crippen LogP contribution in [0.15, 0.2) is 35.9 Å². The van der Waals surface area contributed by atoms with Gasteiger partial charge in [0.25, 0.3) is 5.91 Å². The highest BCUT2D eigenvalue weighted by molar-refractivity contribution is 6.03. The summed E-state index contributed by atoms with van der Waals surface area (Å²) in [4.78, 5) is 25.3. The molecule has 1 amide bonds. The summed E-state index contributed by atoms with van der Waals surface area (Å²) in [7, 11) is 0. The van der Waals surface area contributed by atoms with Gasteiger partial charge in [-0.05, 0) is 65.3 Å². The highest BCUT2D eigenvalue weighted by Crippen LogP contribution is 2.48. The number of aliphatic carboxylic acids is 1. The lowest BCUT2D eigenvalue weighted by molar-refractivity contribution is -0.131. The highest BCUT2D eigenvalue weighted by Gasteiger charge is 2.39. The monoisotopic (exact) mass is 367 g/mol. The van der Waals surface area contributed by atoms with Crippen molar-refractivity contribution in [1.29, 1.82) is 0 Å². The van der Waals surface area contributed by atoms with E-state index in [1.54, 1.807) is 13.0 Å². The van der Waals surface area contributed by atoms with E-state index in [-0.39, 0.29) is 16.7 Å². The summed E-state index contributed by atoms with van der Waals surface area (Å²) < 4.78 is 0.